The van der Waals surface area contributed by atoms with E-state index in [0.29, 0.717) is 24.2 Å². The van der Waals surface area contributed by atoms with Crippen molar-refractivity contribution in [3.05, 3.63) is 29.1 Å². The number of carboxylic acid groups (broad SMARTS) is 1. The number of hydrogen-bond acceptors (Lipinski definition) is 4. The Labute approximate surface area is 124 Å². The van der Waals surface area contributed by atoms with Gasteiger partial charge in [-0.3, -0.25) is 9.59 Å². The Morgan fingerprint density at radius 2 is 2.10 bits per heavy atom. The Morgan fingerprint density at radius 3 is 2.57 bits per heavy atom. The van der Waals surface area contributed by atoms with Gasteiger partial charge in [0.1, 0.15) is 11.8 Å². The highest BCUT2D eigenvalue weighted by Gasteiger charge is 2.20. The minimum Gasteiger partial charge on any atom is -0.481 e. The van der Waals surface area contributed by atoms with Crippen LogP contribution in [0.25, 0.3) is 0 Å². The zero-order chi connectivity index (χ0) is 16.0. The summed E-state index contributed by atoms with van der Waals surface area (Å²) < 4.78 is 0. The molecule has 0 saturated carbocycles. The number of rotatable bonds is 6. The van der Waals surface area contributed by atoms with E-state index in [2.05, 4.69) is 4.98 Å². The van der Waals surface area contributed by atoms with Crippen molar-refractivity contribution < 1.29 is 14.7 Å². The predicted octanol–water partition coefficient (Wildman–Crippen LogP) is 1.98. The van der Waals surface area contributed by atoms with Gasteiger partial charge in [0, 0.05) is 19.0 Å². The molecule has 0 saturated heterocycles. The second-order valence-corrected chi connectivity index (χ2v) is 5.03. The molecule has 1 N–H and O–H groups in total. The molecule has 0 aliphatic heterocycles. The van der Waals surface area contributed by atoms with Crippen LogP contribution in [0.5, 0.6) is 0 Å². The van der Waals surface area contributed by atoms with Crippen LogP contribution in [0.2, 0.25) is 0 Å². The molecule has 112 valence electrons. The molecular weight excluding hydrogens is 270 g/mol. The van der Waals surface area contributed by atoms with Gasteiger partial charge in [-0.15, -0.1) is 0 Å². The van der Waals surface area contributed by atoms with Crippen LogP contribution in [0, 0.1) is 18.3 Å². The van der Waals surface area contributed by atoms with Crippen molar-refractivity contribution in [3.8, 4) is 6.07 Å². The molecule has 1 aromatic heterocycles. The molecule has 0 atom stereocenters. The van der Waals surface area contributed by atoms with Crippen LogP contribution in [0.4, 0.5) is 0 Å². The highest BCUT2D eigenvalue weighted by atomic mass is 16.4. The number of pyridine rings is 1. The van der Waals surface area contributed by atoms with E-state index in [1.54, 1.807) is 17.9 Å². The Hall–Kier alpha value is -2.42. The second kappa shape index (κ2) is 7.39. The summed E-state index contributed by atoms with van der Waals surface area (Å²) in [6, 6.07) is 5.06. The maximum atomic E-state index is 12.4. The third-order valence-corrected chi connectivity index (χ3v) is 3.10. The molecule has 1 rings (SSSR count). The fourth-order valence-electron chi connectivity index (χ4n) is 1.94. The predicted molar refractivity (Wildman–Crippen MR) is 76.7 cm³/mol. The van der Waals surface area contributed by atoms with Gasteiger partial charge in [0.2, 0.25) is 0 Å². The number of aliphatic carboxylic acids is 1. The Morgan fingerprint density at radius 1 is 1.43 bits per heavy atom. The van der Waals surface area contributed by atoms with Gasteiger partial charge < -0.3 is 10.0 Å². The third kappa shape index (κ3) is 4.56. The quantitative estimate of drug-likeness (QED) is 0.864. The van der Waals surface area contributed by atoms with Crippen LogP contribution in [0.3, 0.4) is 0 Å². The van der Waals surface area contributed by atoms with Crippen molar-refractivity contribution in [2.75, 3.05) is 6.54 Å². The molecule has 1 aromatic rings. The van der Waals surface area contributed by atoms with Crippen molar-refractivity contribution in [2.24, 2.45) is 0 Å². The fourth-order valence-corrected chi connectivity index (χ4v) is 1.94. The number of aromatic nitrogens is 1. The number of carbonyl (C=O) groups is 2. The van der Waals surface area contributed by atoms with Gasteiger partial charge in [-0.2, -0.15) is 5.26 Å². The lowest BCUT2D eigenvalue weighted by molar-refractivity contribution is -0.137. The monoisotopic (exact) mass is 289 g/mol. The number of aryl methyl sites for hydroxylation is 1. The van der Waals surface area contributed by atoms with Crippen molar-refractivity contribution in [3.63, 3.8) is 0 Å². The Bertz CT molecular complexity index is 576. The van der Waals surface area contributed by atoms with E-state index in [1.807, 2.05) is 19.9 Å². The van der Waals surface area contributed by atoms with E-state index in [1.165, 1.54) is 6.07 Å². The van der Waals surface area contributed by atoms with Crippen molar-refractivity contribution in [2.45, 2.75) is 39.7 Å². The van der Waals surface area contributed by atoms with E-state index in [9.17, 15) is 9.59 Å². The first-order valence-corrected chi connectivity index (χ1v) is 6.77. The van der Waals surface area contributed by atoms with Gasteiger partial charge in [-0.25, -0.2) is 4.98 Å². The van der Waals surface area contributed by atoms with Crippen LogP contribution < -0.4 is 0 Å². The van der Waals surface area contributed by atoms with Gasteiger partial charge in [0.05, 0.1) is 11.3 Å². The topological polar surface area (TPSA) is 94.3 Å². The minimum absolute atomic E-state index is 0.0241. The average Bonchev–Trinajstić information content (AvgIpc) is 2.42. The van der Waals surface area contributed by atoms with Gasteiger partial charge in [-0.05, 0) is 39.3 Å². The molecule has 0 spiro atoms. The lowest BCUT2D eigenvalue weighted by Gasteiger charge is -2.26. The van der Waals surface area contributed by atoms with E-state index in [0.717, 1.165) is 0 Å². The molecule has 0 fully saturated rings. The number of nitrogens with zero attached hydrogens (tertiary/aromatic N) is 3. The van der Waals surface area contributed by atoms with Crippen molar-refractivity contribution in [1.82, 2.24) is 9.88 Å². The summed E-state index contributed by atoms with van der Waals surface area (Å²) in [7, 11) is 0. The first kappa shape index (κ1) is 16.6. The standard InChI is InChI=1S/C15H19N3O3/c1-10(2)18(8-4-5-14(19)20)15(21)13-7-6-12(9-16)11(3)17-13/h6-7,10H,4-5,8H2,1-3H3,(H,19,20). The maximum absolute atomic E-state index is 12.4. The summed E-state index contributed by atoms with van der Waals surface area (Å²) in [5.74, 6) is -1.12. The number of carbonyl (C=O) groups excluding carboxylic acids is 1. The summed E-state index contributed by atoms with van der Waals surface area (Å²) in [5, 5.41) is 17.5. The first-order chi connectivity index (χ1) is 9.86. The van der Waals surface area contributed by atoms with Crippen molar-refractivity contribution in [1.29, 1.82) is 5.26 Å². The molecular formula is C15H19N3O3. The summed E-state index contributed by atoms with van der Waals surface area (Å²) in [5.41, 5.74) is 1.22. The first-order valence-electron chi connectivity index (χ1n) is 6.77. The lowest BCUT2D eigenvalue weighted by atomic mass is 10.1. The van der Waals surface area contributed by atoms with Crippen LogP contribution in [-0.4, -0.2) is 39.5 Å². The molecule has 0 aromatic carbocycles. The molecule has 0 aliphatic rings. The summed E-state index contributed by atoms with van der Waals surface area (Å²) >= 11 is 0. The van der Waals surface area contributed by atoms with Crippen LogP contribution >= 0.6 is 0 Å². The molecule has 0 aliphatic carbocycles. The van der Waals surface area contributed by atoms with E-state index >= 15 is 0 Å². The normalized spacial score (nSPS) is 10.2. The molecule has 1 amide bonds. The van der Waals surface area contributed by atoms with Gasteiger partial charge in [0.15, 0.2) is 0 Å². The summed E-state index contributed by atoms with van der Waals surface area (Å²) in [6.45, 7) is 5.79. The van der Waals surface area contributed by atoms with E-state index < -0.39 is 5.97 Å². The Balaban J connectivity index is 2.88. The number of carboxylic acids is 1. The summed E-state index contributed by atoms with van der Waals surface area (Å²) in [4.78, 5) is 28.8. The molecule has 21 heavy (non-hydrogen) atoms. The molecule has 0 radical (unpaired) electrons. The van der Waals surface area contributed by atoms with E-state index in [4.69, 9.17) is 10.4 Å². The van der Waals surface area contributed by atoms with E-state index in [-0.39, 0.29) is 24.1 Å². The number of nitriles is 1. The van der Waals surface area contributed by atoms with Crippen LogP contribution in [-0.2, 0) is 4.79 Å². The molecule has 0 bridgehead atoms. The third-order valence-electron chi connectivity index (χ3n) is 3.10. The smallest absolute Gasteiger partial charge is 0.303 e. The van der Waals surface area contributed by atoms with Gasteiger partial charge >= 0.3 is 5.97 Å². The zero-order valence-electron chi connectivity index (χ0n) is 12.5. The lowest BCUT2D eigenvalue weighted by Crippen LogP contribution is -2.38. The highest BCUT2D eigenvalue weighted by Crippen LogP contribution is 2.11. The van der Waals surface area contributed by atoms with Crippen LogP contribution in [0.1, 0.15) is 48.4 Å². The SMILES string of the molecule is Cc1nc(C(=O)N(CCCC(=O)O)C(C)C)ccc1C#N. The molecule has 0 unspecified atom stereocenters. The average molecular weight is 289 g/mol. The second-order valence-electron chi connectivity index (χ2n) is 5.03. The molecule has 6 heteroatoms. The molecule has 1 heterocycles. The van der Waals surface area contributed by atoms with Gasteiger partial charge in [0.25, 0.3) is 5.91 Å². The number of hydrogen-bond donors (Lipinski definition) is 1. The largest absolute Gasteiger partial charge is 0.481 e. The minimum atomic E-state index is -0.876. The van der Waals surface area contributed by atoms with Gasteiger partial charge in [-0.1, -0.05) is 0 Å². The summed E-state index contributed by atoms with van der Waals surface area (Å²) in [6.07, 6.45) is 0.421. The number of amides is 1. The maximum Gasteiger partial charge on any atom is 0.303 e. The van der Waals surface area contributed by atoms with Crippen molar-refractivity contribution >= 4 is 11.9 Å². The zero-order valence-corrected chi connectivity index (χ0v) is 12.5. The van der Waals surface area contributed by atoms with Crippen LogP contribution in [0.15, 0.2) is 12.1 Å². The highest BCUT2D eigenvalue weighted by molar-refractivity contribution is 5.92. The molecule has 6 nitrogen and oxygen atoms in total. The Kier molecular flexibility index (Phi) is 5.85. The fraction of sp³-hybridized carbons (Fsp3) is 0.467.